The molecule has 136 valence electrons. The number of fused-ring (bicyclic) bond motifs is 1. The Bertz CT molecular complexity index is 1030. The molecule has 0 atom stereocenters. The lowest BCUT2D eigenvalue weighted by Crippen LogP contribution is -2.15. The van der Waals surface area contributed by atoms with E-state index >= 15 is 0 Å². The van der Waals surface area contributed by atoms with Crippen LogP contribution < -0.4 is 0 Å². The third-order valence-corrected chi connectivity index (χ3v) is 4.16. The van der Waals surface area contributed by atoms with Gasteiger partial charge in [0.25, 0.3) is 0 Å². The predicted octanol–water partition coefficient (Wildman–Crippen LogP) is 4.32. The van der Waals surface area contributed by atoms with Crippen LogP contribution in [0.2, 0.25) is 0 Å². The molecule has 0 N–H and O–H groups in total. The molecule has 0 heterocycles. The van der Waals surface area contributed by atoms with Gasteiger partial charge in [0.15, 0.2) is 0 Å². The Labute approximate surface area is 156 Å². The Hall–Kier alpha value is -3.47. The summed E-state index contributed by atoms with van der Waals surface area (Å²) in [6.45, 7) is 3.67. The molecule has 0 spiro atoms. The Morgan fingerprint density at radius 2 is 1.56 bits per heavy atom. The topological polar surface area (TPSA) is 69.7 Å². The minimum Gasteiger partial charge on any atom is -0.462 e. The number of hydrogen-bond acceptors (Lipinski definition) is 5. The first kappa shape index (κ1) is 18.3. The number of rotatable bonds is 4. The van der Waals surface area contributed by atoms with E-state index in [0.717, 1.165) is 5.39 Å². The van der Waals surface area contributed by atoms with Gasteiger partial charge in [-0.15, -0.1) is 0 Å². The number of carbonyl (C=O) groups excluding carboxylic acids is 3. The van der Waals surface area contributed by atoms with Crippen LogP contribution in [0, 0.1) is 6.92 Å². The van der Waals surface area contributed by atoms with Gasteiger partial charge in [-0.3, -0.25) is 0 Å². The molecule has 0 bridgehead atoms. The third-order valence-electron chi connectivity index (χ3n) is 4.16. The van der Waals surface area contributed by atoms with E-state index in [-0.39, 0.29) is 17.7 Å². The first-order chi connectivity index (χ1) is 13.0. The molecule has 3 aromatic rings. The van der Waals surface area contributed by atoms with Crippen LogP contribution in [0.3, 0.4) is 0 Å². The lowest BCUT2D eigenvalue weighted by atomic mass is 10.0. The van der Waals surface area contributed by atoms with E-state index in [1.807, 2.05) is 24.3 Å². The average molecular weight is 362 g/mol. The smallest absolute Gasteiger partial charge is 0.346 e. The second kappa shape index (κ2) is 7.83. The molecule has 3 aromatic carbocycles. The molecule has 3 rings (SSSR count). The highest BCUT2D eigenvalue weighted by atomic mass is 16.6. The van der Waals surface area contributed by atoms with E-state index in [2.05, 4.69) is 0 Å². The second-order valence-corrected chi connectivity index (χ2v) is 5.95. The van der Waals surface area contributed by atoms with Crippen LogP contribution in [0.5, 0.6) is 0 Å². The maximum absolute atomic E-state index is 12.5. The second-order valence-electron chi connectivity index (χ2n) is 5.95. The third kappa shape index (κ3) is 3.87. The van der Waals surface area contributed by atoms with Crippen LogP contribution in [0.15, 0.2) is 60.7 Å². The monoisotopic (exact) mass is 362 g/mol. The maximum atomic E-state index is 12.5. The van der Waals surface area contributed by atoms with Crippen LogP contribution in [0.4, 0.5) is 0 Å². The van der Waals surface area contributed by atoms with Crippen molar-refractivity contribution in [1.82, 2.24) is 0 Å². The summed E-state index contributed by atoms with van der Waals surface area (Å²) in [5.41, 5.74) is 1.35. The van der Waals surface area contributed by atoms with Gasteiger partial charge in [-0.25, -0.2) is 14.4 Å². The molecule has 27 heavy (non-hydrogen) atoms. The first-order valence-corrected chi connectivity index (χ1v) is 8.53. The summed E-state index contributed by atoms with van der Waals surface area (Å²) < 4.78 is 10.0. The molecule has 0 amide bonds. The highest BCUT2D eigenvalue weighted by Crippen LogP contribution is 2.20. The molecule has 0 saturated carbocycles. The number of carbonyl (C=O) groups is 3. The van der Waals surface area contributed by atoms with E-state index in [4.69, 9.17) is 9.47 Å². The molecule has 0 radical (unpaired) electrons. The standard InChI is InChI=1S/C22H18O5/c1-3-26-21(24)19-13-16(12-11-14(19)2)20(23)27-22(25)18-10-6-8-15-7-4-5-9-17(15)18/h4-13H,3H2,1-2H3. The van der Waals surface area contributed by atoms with Crippen molar-refractivity contribution in [3.05, 3.63) is 82.9 Å². The van der Waals surface area contributed by atoms with Gasteiger partial charge in [0.1, 0.15) is 0 Å². The van der Waals surface area contributed by atoms with Crippen LogP contribution in [-0.4, -0.2) is 24.5 Å². The lowest BCUT2D eigenvalue weighted by Gasteiger charge is -2.09. The summed E-state index contributed by atoms with van der Waals surface area (Å²) in [4.78, 5) is 36.9. The Morgan fingerprint density at radius 3 is 2.33 bits per heavy atom. The van der Waals surface area contributed by atoms with Gasteiger partial charge in [0.05, 0.1) is 23.3 Å². The fourth-order valence-electron chi connectivity index (χ4n) is 2.78. The van der Waals surface area contributed by atoms with E-state index < -0.39 is 17.9 Å². The van der Waals surface area contributed by atoms with Crippen molar-refractivity contribution in [2.45, 2.75) is 13.8 Å². The number of aryl methyl sites for hydroxylation is 1. The van der Waals surface area contributed by atoms with E-state index in [1.165, 1.54) is 12.1 Å². The van der Waals surface area contributed by atoms with Crippen LogP contribution >= 0.6 is 0 Å². The summed E-state index contributed by atoms with van der Waals surface area (Å²) in [5.74, 6) is -2.08. The fourth-order valence-corrected chi connectivity index (χ4v) is 2.78. The van der Waals surface area contributed by atoms with Gasteiger partial charge in [-0.2, -0.15) is 0 Å². The predicted molar refractivity (Wildman–Crippen MR) is 101 cm³/mol. The average Bonchev–Trinajstić information content (AvgIpc) is 2.67. The van der Waals surface area contributed by atoms with Crippen molar-refractivity contribution < 1.29 is 23.9 Å². The van der Waals surface area contributed by atoms with Crippen molar-refractivity contribution in [1.29, 1.82) is 0 Å². The van der Waals surface area contributed by atoms with Gasteiger partial charge in [0, 0.05) is 0 Å². The van der Waals surface area contributed by atoms with Gasteiger partial charge >= 0.3 is 17.9 Å². The van der Waals surface area contributed by atoms with Gasteiger partial charge < -0.3 is 9.47 Å². The SMILES string of the molecule is CCOC(=O)c1cc(C(=O)OC(=O)c2cccc3ccccc23)ccc1C. The maximum Gasteiger partial charge on any atom is 0.346 e. The number of hydrogen-bond donors (Lipinski definition) is 0. The molecule has 5 heteroatoms. The summed E-state index contributed by atoms with van der Waals surface area (Å²) in [6.07, 6.45) is 0. The molecule has 0 aliphatic carbocycles. The Morgan fingerprint density at radius 1 is 0.815 bits per heavy atom. The molecular formula is C22H18O5. The molecule has 0 saturated heterocycles. The zero-order chi connectivity index (χ0) is 19.4. The minimum atomic E-state index is -0.821. The molecule has 0 unspecified atom stereocenters. The highest BCUT2D eigenvalue weighted by molar-refractivity contribution is 6.10. The summed E-state index contributed by atoms with van der Waals surface area (Å²) in [6, 6.07) is 17.1. The Kier molecular flexibility index (Phi) is 5.31. The normalized spacial score (nSPS) is 10.4. The van der Waals surface area contributed by atoms with Gasteiger partial charge in [0.2, 0.25) is 0 Å². The first-order valence-electron chi connectivity index (χ1n) is 8.53. The minimum absolute atomic E-state index is 0.109. The van der Waals surface area contributed by atoms with Crippen LogP contribution in [0.25, 0.3) is 10.8 Å². The van der Waals surface area contributed by atoms with Crippen LogP contribution in [0.1, 0.15) is 43.6 Å². The summed E-state index contributed by atoms with van der Waals surface area (Å²) in [7, 11) is 0. The zero-order valence-electron chi connectivity index (χ0n) is 15.0. The largest absolute Gasteiger partial charge is 0.462 e. The van der Waals surface area contributed by atoms with Crippen molar-refractivity contribution in [2.75, 3.05) is 6.61 Å². The highest BCUT2D eigenvalue weighted by Gasteiger charge is 2.19. The van der Waals surface area contributed by atoms with Crippen LogP contribution in [-0.2, 0) is 9.47 Å². The summed E-state index contributed by atoms with van der Waals surface area (Å²) >= 11 is 0. The van der Waals surface area contributed by atoms with E-state index in [0.29, 0.717) is 16.5 Å². The van der Waals surface area contributed by atoms with Crippen molar-refractivity contribution in [2.24, 2.45) is 0 Å². The van der Waals surface area contributed by atoms with Crippen molar-refractivity contribution in [3.8, 4) is 0 Å². The van der Waals surface area contributed by atoms with E-state index in [9.17, 15) is 14.4 Å². The molecule has 0 aliphatic rings. The summed E-state index contributed by atoms with van der Waals surface area (Å²) in [5, 5.41) is 1.58. The van der Waals surface area contributed by atoms with Crippen molar-refractivity contribution >= 4 is 28.7 Å². The quantitative estimate of drug-likeness (QED) is 0.511. The number of ether oxygens (including phenoxy) is 2. The number of esters is 3. The molecule has 0 aromatic heterocycles. The zero-order valence-corrected chi connectivity index (χ0v) is 15.0. The van der Waals surface area contributed by atoms with Gasteiger partial charge in [-0.05, 0) is 48.4 Å². The molecular weight excluding hydrogens is 344 g/mol. The fraction of sp³-hybridized carbons (Fsp3) is 0.136. The Balaban J connectivity index is 1.86. The van der Waals surface area contributed by atoms with Gasteiger partial charge in [-0.1, -0.05) is 42.5 Å². The molecule has 0 aliphatic heterocycles. The molecule has 0 fully saturated rings. The van der Waals surface area contributed by atoms with E-state index in [1.54, 1.807) is 38.1 Å². The lowest BCUT2D eigenvalue weighted by molar-refractivity contribution is 0.0399. The number of benzene rings is 3. The molecule has 5 nitrogen and oxygen atoms in total. The van der Waals surface area contributed by atoms with Crippen molar-refractivity contribution in [3.63, 3.8) is 0 Å².